The molecule has 114 valence electrons. The third-order valence-corrected chi connectivity index (χ3v) is 4.28. The molecule has 0 spiro atoms. The summed E-state index contributed by atoms with van der Waals surface area (Å²) in [6.07, 6.45) is 4.42. The van der Waals surface area contributed by atoms with Crippen LogP contribution in [0.2, 0.25) is 0 Å². The molecule has 0 saturated heterocycles. The molecule has 1 saturated carbocycles. The monoisotopic (exact) mass is 288 g/mol. The molecule has 0 aromatic heterocycles. The fourth-order valence-electron chi connectivity index (χ4n) is 2.85. The first-order chi connectivity index (χ1) is 10.1. The van der Waals surface area contributed by atoms with Crippen LogP contribution in [0.1, 0.15) is 51.1 Å². The Morgan fingerprint density at radius 2 is 1.76 bits per heavy atom. The van der Waals surface area contributed by atoms with Gasteiger partial charge >= 0.3 is 11.8 Å². The number of carbonyl (C=O) groups excluding carboxylic acids is 2. The molecular weight excluding hydrogens is 264 g/mol. The van der Waals surface area contributed by atoms with E-state index in [0.29, 0.717) is 5.92 Å². The molecule has 0 bridgehead atoms. The first-order valence-corrected chi connectivity index (χ1v) is 7.74. The van der Waals surface area contributed by atoms with Crippen molar-refractivity contribution in [3.63, 3.8) is 0 Å². The van der Waals surface area contributed by atoms with Crippen LogP contribution in [0.3, 0.4) is 0 Å². The quantitative estimate of drug-likeness (QED) is 0.840. The number of rotatable bonds is 3. The summed E-state index contributed by atoms with van der Waals surface area (Å²) in [6.45, 7) is 4.01. The van der Waals surface area contributed by atoms with Crippen molar-refractivity contribution in [1.82, 2.24) is 10.6 Å². The van der Waals surface area contributed by atoms with Crippen molar-refractivity contribution in [2.45, 2.75) is 51.6 Å². The van der Waals surface area contributed by atoms with Crippen LogP contribution in [0.25, 0.3) is 0 Å². The summed E-state index contributed by atoms with van der Waals surface area (Å²) >= 11 is 0. The zero-order chi connectivity index (χ0) is 15.2. The number of hydrogen-bond acceptors (Lipinski definition) is 2. The lowest BCUT2D eigenvalue weighted by molar-refractivity contribution is -0.140. The van der Waals surface area contributed by atoms with E-state index in [1.807, 2.05) is 37.3 Å². The smallest absolute Gasteiger partial charge is 0.309 e. The third-order valence-electron chi connectivity index (χ3n) is 4.28. The summed E-state index contributed by atoms with van der Waals surface area (Å²) in [5.41, 5.74) is 0.990. The third kappa shape index (κ3) is 4.31. The lowest BCUT2D eigenvalue weighted by Crippen LogP contribution is -2.48. The summed E-state index contributed by atoms with van der Waals surface area (Å²) in [7, 11) is 0. The van der Waals surface area contributed by atoms with E-state index in [1.165, 1.54) is 6.42 Å². The van der Waals surface area contributed by atoms with Crippen molar-refractivity contribution in [3.05, 3.63) is 35.9 Å². The molecule has 1 aliphatic carbocycles. The van der Waals surface area contributed by atoms with Crippen LogP contribution < -0.4 is 10.6 Å². The summed E-state index contributed by atoms with van der Waals surface area (Å²) < 4.78 is 0. The van der Waals surface area contributed by atoms with Crippen molar-refractivity contribution in [1.29, 1.82) is 0 Å². The van der Waals surface area contributed by atoms with Gasteiger partial charge in [-0.1, -0.05) is 50.1 Å². The molecule has 1 fully saturated rings. The second-order valence-electron chi connectivity index (χ2n) is 5.95. The van der Waals surface area contributed by atoms with Crippen LogP contribution in [-0.2, 0) is 9.59 Å². The molecule has 0 radical (unpaired) electrons. The van der Waals surface area contributed by atoms with E-state index >= 15 is 0 Å². The van der Waals surface area contributed by atoms with Gasteiger partial charge in [-0.2, -0.15) is 0 Å². The van der Waals surface area contributed by atoms with E-state index < -0.39 is 11.8 Å². The van der Waals surface area contributed by atoms with E-state index in [4.69, 9.17) is 0 Å². The largest absolute Gasteiger partial charge is 0.345 e. The van der Waals surface area contributed by atoms with Gasteiger partial charge in [0, 0.05) is 6.04 Å². The molecule has 4 nitrogen and oxygen atoms in total. The maximum absolute atomic E-state index is 12.0. The Kier molecular flexibility index (Phi) is 5.37. The second-order valence-corrected chi connectivity index (χ2v) is 5.95. The van der Waals surface area contributed by atoms with Gasteiger partial charge in [-0.15, -0.1) is 0 Å². The van der Waals surface area contributed by atoms with Gasteiger partial charge in [-0.05, 0) is 31.2 Å². The minimum Gasteiger partial charge on any atom is -0.345 e. The standard InChI is InChI=1S/C17H24N2O2/c1-12-8-6-7-11-15(12)19-17(21)16(20)18-13(2)14-9-4-3-5-10-14/h3-5,9-10,12-13,15H,6-8,11H2,1-2H3,(H,18,20)(H,19,21)/t12-,13+,15-/m0/s1. The molecule has 2 N–H and O–H groups in total. The number of nitrogens with one attached hydrogen (secondary N) is 2. The van der Waals surface area contributed by atoms with Crippen molar-refractivity contribution in [3.8, 4) is 0 Å². The van der Waals surface area contributed by atoms with Crippen molar-refractivity contribution in [2.24, 2.45) is 5.92 Å². The molecular formula is C17H24N2O2. The van der Waals surface area contributed by atoms with Gasteiger partial charge in [0.1, 0.15) is 0 Å². The first kappa shape index (κ1) is 15.5. The van der Waals surface area contributed by atoms with E-state index in [9.17, 15) is 9.59 Å². The second kappa shape index (κ2) is 7.25. The average molecular weight is 288 g/mol. The van der Waals surface area contributed by atoms with Crippen LogP contribution in [0.5, 0.6) is 0 Å². The highest BCUT2D eigenvalue weighted by molar-refractivity contribution is 6.35. The summed E-state index contributed by atoms with van der Waals surface area (Å²) in [4.78, 5) is 24.0. The number of hydrogen-bond donors (Lipinski definition) is 2. The minimum absolute atomic E-state index is 0.129. The summed E-state index contributed by atoms with van der Waals surface area (Å²) in [6, 6.07) is 9.59. The normalized spacial score (nSPS) is 23.1. The van der Waals surface area contributed by atoms with Crippen LogP contribution in [0, 0.1) is 5.92 Å². The molecule has 4 heteroatoms. The predicted molar refractivity (Wildman–Crippen MR) is 82.6 cm³/mol. The number of carbonyl (C=O) groups is 2. The van der Waals surface area contributed by atoms with Crippen LogP contribution >= 0.6 is 0 Å². The Morgan fingerprint density at radius 3 is 2.43 bits per heavy atom. The van der Waals surface area contributed by atoms with Crippen molar-refractivity contribution >= 4 is 11.8 Å². The van der Waals surface area contributed by atoms with Gasteiger partial charge in [-0.25, -0.2) is 0 Å². The highest BCUT2D eigenvalue weighted by atomic mass is 16.2. The van der Waals surface area contributed by atoms with Crippen molar-refractivity contribution < 1.29 is 9.59 Å². The fraction of sp³-hybridized carbons (Fsp3) is 0.529. The van der Waals surface area contributed by atoms with Gasteiger partial charge in [0.15, 0.2) is 0 Å². The van der Waals surface area contributed by atoms with E-state index in [0.717, 1.165) is 24.8 Å². The topological polar surface area (TPSA) is 58.2 Å². The first-order valence-electron chi connectivity index (χ1n) is 7.74. The summed E-state index contributed by atoms with van der Waals surface area (Å²) in [5, 5.41) is 5.62. The Morgan fingerprint density at radius 1 is 1.10 bits per heavy atom. The Balaban J connectivity index is 1.86. The Bertz CT molecular complexity index is 487. The van der Waals surface area contributed by atoms with Crippen molar-refractivity contribution in [2.75, 3.05) is 0 Å². The number of amides is 2. The average Bonchev–Trinajstić information content (AvgIpc) is 2.50. The zero-order valence-corrected chi connectivity index (χ0v) is 12.8. The van der Waals surface area contributed by atoms with E-state index in [1.54, 1.807) is 0 Å². The van der Waals surface area contributed by atoms with Gasteiger partial charge < -0.3 is 10.6 Å². The van der Waals surface area contributed by atoms with Gasteiger partial charge in [0.05, 0.1) is 6.04 Å². The molecule has 0 unspecified atom stereocenters. The summed E-state index contributed by atoms with van der Waals surface area (Å²) in [5.74, 6) is -0.622. The lowest BCUT2D eigenvalue weighted by atomic mass is 9.86. The van der Waals surface area contributed by atoms with Gasteiger partial charge in [0.25, 0.3) is 0 Å². The molecule has 21 heavy (non-hydrogen) atoms. The highest BCUT2D eigenvalue weighted by Gasteiger charge is 2.26. The van der Waals surface area contributed by atoms with Gasteiger partial charge in [-0.3, -0.25) is 9.59 Å². The molecule has 3 atom stereocenters. The molecule has 0 heterocycles. The molecule has 1 aliphatic rings. The molecule has 1 aromatic rings. The minimum atomic E-state index is -0.552. The Labute approximate surface area is 126 Å². The predicted octanol–water partition coefficient (Wildman–Crippen LogP) is 2.56. The van der Waals surface area contributed by atoms with Gasteiger partial charge in [0.2, 0.25) is 0 Å². The van der Waals surface area contributed by atoms with E-state index in [-0.39, 0.29) is 12.1 Å². The molecule has 1 aromatic carbocycles. The fourth-order valence-corrected chi connectivity index (χ4v) is 2.85. The molecule has 2 rings (SSSR count). The zero-order valence-electron chi connectivity index (χ0n) is 12.8. The highest BCUT2D eigenvalue weighted by Crippen LogP contribution is 2.23. The lowest BCUT2D eigenvalue weighted by Gasteiger charge is -2.29. The Hall–Kier alpha value is -1.84. The molecule has 2 amide bonds. The van der Waals surface area contributed by atoms with E-state index in [2.05, 4.69) is 17.6 Å². The SMILES string of the molecule is C[C@@H](NC(=O)C(=O)N[C@H]1CCCC[C@@H]1C)c1ccccc1. The maximum Gasteiger partial charge on any atom is 0.309 e. The van der Waals surface area contributed by atoms with Crippen LogP contribution in [0.15, 0.2) is 30.3 Å². The van der Waals surface area contributed by atoms with Crippen LogP contribution in [0.4, 0.5) is 0 Å². The number of benzene rings is 1. The van der Waals surface area contributed by atoms with Crippen LogP contribution in [-0.4, -0.2) is 17.9 Å². The maximum atomic E-state index is 12.0. The molecule has 0 aliphatic heterocycles.